The molecule has 1 aliphatic heterocycles. The summed E-state index contributed by atoms with van der Waals surface area (Å²) in [5.74, 6) is -1.04. The number of carbonyl (C=O) groups is 2. The van der Waals surface area contributed by atoms with Crippen LogP contribution in [0.25, 0.3) is 0 Å². The van der Waals surface area contributed by atoms with Crippen molar-refractivity contribution in [1.29, 1.82) is 0 Å². The Balaban J connectivity index is 2.23. The molecule has 0 aromatic carbocycles. The van der Waals surface area contributed by atoms with E-state index in [2.05, 4.69) is 13.8 Å². The number of aliphatic carboxylic acids is 1. The van der Waals surface area contributed by atoms with Crippen molar-refractivity contribution < 1.29 is 19.4 Å². The number of piperidine rings is 1. The summed E-state index contributed by atoms with van der Waals surface area (Å²) in [7, 11) is 0. The first-order chi connectivity index (χ1) is 10.0. The topological polar surface area (TPSA) is 66.8 Å². The molecule has 0 radical (unpaired) electrons. The van der Waals surface area contributed by atoms with Crippen LogP contribution in [0.3, 0.4) is 0 Å². The van der Waals surface area contributed by atoms with Crippen LogP contribution in [-0.4, -0.2) is 40.3 Å². The number of carboxylic acids is 1. The molecule has 1 saturated heterocycles. The standard InChI is InChI=1S/C17H29NO4/c1-16(2,3)22-15(21)18-8-6-7-11-12(14(19)20)9-17(4,5)10-13(11)18/h11-13H,6-10H2,1-5H3,(H,19,20). The fourth-order valence-electron chi connectivity index (χ4n) is 4.03. The second kappa shape index (κ2) is 5.74. The third-order valence-electron chi connectivity index (χ3n) is 4.83. The van der Waals surface area contributed by atoms with Crippen LogP contribution in [0.2, 0.25) is 0 Å². The van der Waals surface area contributed by atoms with E-state index in [0.29, 0.717) is 13.0 Å². The first kappa shape index (κ1) is 17.1. The van der Waals surface area contributed by atoms with E-state index < -0.39 is 11.6 Å². The van der Waals surface area contributed by atoms with Crippen molar-refractivity contribution in [3.05, 3.63) is 0 Å². The molecular formula is C17H29NO4. The molecule has 2 aliphatic rings. The second-order valence-corrected chi connectivity index (χ2v) is 8.56. The van der Waals surface area contributed by atoms with E-state index in [1.54, 1.807) is 4.90 Å². The van der Waals surface area contributed by atoms with Gasteiger partial charge in [-0.05, 0) is 57.8 Å². The van der Waals surface area contributed by atoms with Gasteiger partial charge in [-0.15, -0.1) is 0 Å². The monoisotopic (exact) mass is 311 g/mol. The van der Waals surface area contributed by atoms with E-state index in [9.17, 15) is 14.7 Å². The van der Waals surface area contributed by atoms with Gasteiger partial charge in [-0.2, -0.15) is 0 Å². The average molecular weight is 311 g/mol. The first-order valence-electron chi connectivity index (χ1n) is 8.23. The van der Waals surface area contributed by atoms with Crippen LogP contribution in [0.1, 0.15) is 60.3 Å². The lowest BCUT2D eigenvalue weighted by molar-refractivity contribution is -0.150. The molecule has 0 bridgehead atoms. The molecule has 2 rings (SSSR count). The second-order valence-electron chi connectivity index (χ2n) is 8.56. The van der Waals surface area contributed by atoms with E-state index in [1.807, 2.05) is 20.8 Å². The number of nitrogens with zero attached hydrogens (tertiary/aromatic N) is 1. The van der Waals surface area contributed by atoms with Crippen molar-refractivity contribution in [2.75, 3.05) is 6.54 Å². The van der Waals surface area contributed by atoms with Gasteiger partial charge in [0.05, 0.1) is 5.92 Å². The van der Waals surface area contributed by atoms with Crippen LogP contribution in [-0.2, 0) is 9.53 Å². The molecule has 1 saturated carbocycles. The summed E-state index contributed by atoms with van der Waals surface area (Å²) in [6, 6.07) is -0.0200. The van der Waals surface area contributed by atoms with Gasteiger partial charge in [-0.3, -0.25) is 4.79 Å². The minimum atomic E-state index is -0.728. The number of fused-ring (bicyclic) bond motifs is 1. The van der Waals surface area contributed by atoms with Gasteiger partial charge in [0.15, 0.2) is 0 Å². The van der Waals surface area contributed by atoms with E-state index in [4.69, 9.17) is 4.74 Å². The highest BCUT2D eigenvalue weighted by Gasteiger charge is 2.49. The van der Waals surface area contributed by atoms with Gasteiger partial charge in [0.25, 0.3) is 0 Å². The summed E-state index contributed by atoms with van der Waals surface area (Å²) >= 11 is 0. The van der Waals surface area contributed by atoms with Gasteiger partial charge >= 0.3 is 12.1 Å². The molecule has 1 amide bonds. The van der Waals surface area contributed by atoms with Crippen molar-refractivity contribution in [1.82, 2.24) is 4.90 Å². The van der Waals surface area contributed by atoms with Crippen LogP contribution in [0.5, 0.6) is 0 Å². The van der Waals surface area contributed by atoms with Crippen molar-refractivity contribution in [3.63, 3.8) is 0 Å². The minimum absolute atomic E-state index is 0.0200. The van der Waals surface area contributed by atoms with E-state index in [-0.39, 0.29) is 29.4 Å². The summed E-state index contributed by atoms with van der Waals surface area (Å²) in [6.45, 7) is 10.4. The van der Waals surface area contributed by atoms with Crippen molar-refractivity contribution >= 4 is 12.1 Å². The fraction of sp³-hybridized carbons (Fsp3) is 0.882. The number of ether oxygens (including phenoxy) is 1. The van der Waals surface area contributed by atoms with Crippen molar-refractivity contribution in [2.24, 2.45) is 17.3 Å². The van der Waals surface area contributed by atoms with E-state index in [1.165, 1.54) is 0 Å². The lowest BCUT2D eigenvalue weighted by atomic mass is 9.62. The number of carbonyl (C=O) groups excluding carboxylic acids is 1. The number of hydrogen-bond acceptors (Lipinski definition) is 3. The first-order valence-corrected chi connectivity index (χ1v) is 8.23. The lowest BCUT2D eigenvalue weighted by Crippen LogP contribution is -2.57. The van der Waals surface area contributed by atoms with Gasteiger partial charge in [0.2, 0.25) is 0 Å². The van der Waals surface area contributed by atoms with Gasteiger partial charge in [0, 0.05) is 12.6 Å². The van der Waals surface area contributed by atoms with Gasteiger partial charge in [-0.1, -0.05) is 13.8 Å². The van der Waals surface area contributed by atoms with Gasteiger partial charge in [0.1, 0.15) is 5.60 Å². The zero-order valence-corrected chi connectivity index (χ0v) is 14.4. The van der Waals surface area contributed by atoms with Crippen LogP contribution >= 0.6 is 0 Å². The molecule has 126 valence electrons. The van der Waals surface area contributed by atoms with Crippen LogP contribution in [0.4, 0.5) is 4.79 Å². The van der Waals surface area contributed by atoms with Crippen LogP contribution < -0.4 is 0 Å². The van der Waals surface area contributed by atoms with Gasteiger partial charge in [-0.25, -0.2) is 4.79 Å². The summed E-state index contributed by atoms with van der Waals surface area (Å²) < 4.78 is 5.53. The molecule has 3 unspecified atom stereocenters. The normalized spacial score (nSPS) is 31.3. The SMILES string of the molecule is CC1(C)CC(C(=O)O)C2CCCN(C(=O)OC(C)(C)C)C2C1. The Morgan fingerprint density at radius 1 is 1.23 bits per heavy atom. The molecule has 1 aliphatic carbocycles. The molecule has 0 aromatic heterocycles. The van der Waals surface area contributed by atoms with Gasteiger partial charge < -0.3 is 14.7 Å². The van der Waals surface area contributed by atoms with Crippen molar-refractivity contribution in [2.45, 2.75) is 71.9 Å². The molecule has 22 heavy (non-hydrogen) atoms. The zero-order chi connectivity index (χ0) is 16.7. The molecule has 5 heteroatoms. The highest BCUT2D eigenvalue weighted by molar-refractivity contribution is 5.72. The molecule has 2 fully saturated rings. The number of carboxylic acid groups (broad SMARTS) is 1. The summed E-state index contributed by atoms with van der Waals surface area (Å²) in [5, 5.41) is 9.59. The Kier molecular flexibility index (Phi) is 4.46. The Labute approximate surface area is 133 Å². The Hall–Kier alpha value is -1.26. The lowest BCUT2D eigenvalue weighted by Gasteiger charge is -2.51. The molecule has 3 atom stereocenters. The third-order valence-corrected chi connectivity index (χ3v) is 4.83. The maximum absolute atomic E-state index is 12.5. The quantitative estimate of drug-likeness (QED) is 0.804. The smallest absolute Gasteiger partial charge is 0.410 e. The largest absolute Gasteiger partial charge is 0.481 e. The predicted molar refractivity (Wildman–Crippen MR) is 83.6 cm³/mol. The zero-order valence-electron chi connectivity index (χ0n) is 14.4. The Morgan fingerprint density at radius 3 is 2.41 bits per heavy atom. The van der Waals surface area contributed by atoms with Crippen LogP contribution in [0.15, 0.2) is 0 Å². The van der Waals surface area contributed by atoms with E-state index in [0.717, 1.165) is 19.3 Å². The molecule has 0 spiro atoms. The average Bonchev–Trinajstić information content (AvgIpc) is 2.33. The summed E-state index contributed by atoms with van der Waals surface area (Å²) in [5.41, 5.74) is -0.595. The number of rotatable bonds is 1. The minimum Gasteiger partial charge on any atom is -0.481 e. The fourth-order valence-corrected chi connectivity index (χ4v) is 4.03. The highest BCUT2D eigenvalue weighted by Crippen LogP contribution is 2.47. The number of hydrogen-bond donors (Lipinski definition) is 1. The summed E-state index contributed by atoms with van der Waals surface area (Å²) in [6.07, 6.45) is 2.97. The maximum atomic E-state index is 12.5. The maximum Gasteiger partial charge on any atom is 0.410 e. The van der Waals surface area contributed by atoms with Crippen LogP contribution in [0, 0.1) is 17.3 Å². The van der Waals surface area contributed by atoms with Crippen molar-refractivity contribution in [3.8, 4) is 0 Å². The molecule has 1 N–H and O–H groups in total. The third kappa shape index (κ3) is 3.73. The molecule has 0 aromatic rings. The van der Waals surface area contributed by atoms with E-state index >= 15 is 0 Å². The number of amides is 1. The number of likely N-dealkylation sites (tertiary alicyclic amines) is 1. The Bertz CT molecular complexity index is 452. The highest BCUT2D eigenvalue weighted by atomic mass is 16.6. The molecule has 1 heterocycles. The predicted octanol–water partition coefficient (Wildman–Crippen LogP) is 3.52. The summed E-state index contributed by atoms with van der Waals surface area (Å²) in [4.78, 5) is 26.0. The Morgan fingerprint density at radius 2 is 1.86 bits per heavy atom. The molecular weight excluding hydrogens is 282 g/mol. The molecule has 5 nitrogen and oxygen atoms in total.